The summed E-state index contributed by atoms with van der Waals surface area (Å²) in [6, 6.07) is 9.53. The molecule has 1 aromatic heterocycles. The van der Waals surface area contributed by atoms with E-state index in [1.54, 1.807) is 0 Å². The van der Waals surface area contributed by atoms with Gasteiger partial charge in [-0.1, -0.05) is 35.8 Å². The van der Waals surface area contributed by atoms with E-state index in [4.69, 9.17) is 9.72 Å². The van der Waals surface area contributed by atoms with Gasteiger partial charge in [-0.25, -0.2) is 9.97 Å². The van der Waals surface area contributed by atoms with Crippen LogP contribution in [-0.4, -0.2) is 53.6 Å². The lowest BCUT2D eigenvalue weighted by molar-refractivity contribution is -0.133. The molecule has 2 heterocycles. The highest BCUT2D eigenvalue weighted by molar-refractivity contribution is 9.10. The van der Waals surface area contributed by atoms with Gasteiger partial charge in [0, 0.05) is 48.3 Å². The monoisotopic (exact) mass is 432 g/mol. The van der Waals surface area contributed by atoms with Gasteiger partial charge in [-0.15, -0.1) is 0 Å². The SMILES string of the molecule is Cc1cc(N2CCN(C(=O)COc3cccc(Br)c3)CC2)nc(C(C)C)n1. The number of aromatic nitrogens is 2. The molecule has 1 aliphatic rings. The number of nitrogens with zero attached hydrogens (tertiary/aromatic N) is 4. The molecule has 0 unspecified atom stereocenters. The lowest BCUT2D eigenvalue weighted by Gasteiger charge is -2.35. The van der Waals surface area contributed by atoms with Crippen LogP contribution >= 0.6 is 15.9 Å². The molecule has 0 N–H and O–H groups in total. The van der Waals surface area contributed by atoms with E-state index in [0.717, 1.165) is 34.9 Å². The normalized spacial score (nSPS) is 14.6. The number of carbonyl (C=O) groups is 1. The van der Waals surface area contributed by atoms with Crippen LogP contribution in [-0.2, 0) is 4.79 Å². The first kappa shape index (κ1) is 19.6. The van der Waals surface area contributed by atoms with Crippen molar-refractivity contribution in [2.75, 3.05) is 37.7 Å². The summed E-state index contributed by atoms with van der Waals surface area (Å²) < 4.78 is 6.55. The van der Waals surface area contributed by atoms with Crippen molar-refractivity contribution in [3.63, 3.8) is 0 Å². The Morgan fingerprint density at radius 2 is 1.93 bits per heavy atom. The van der Waals surface area contributed by atoms with Crippen LogP contribution in [0.2, 0.25) is 0 Å². The molecule has 1 fully saturated rings. The molecule has 0 saturated carbocycles. The minimum absolute atomic E-state index is 0.0105. The average molecular weight is 433 g/mol. The van der Waals surface area contributed by atoms with Crippen molar-refractivity contribution in [2.24, 2.45) is 0 Å². The fraction of sp³-hybridized carbons (Fsp3) is 0.450. The summed E-state index contributed by atoms with van der Waals surface area (Å²) in [6.07, 6.45) is 0. The van der Waals surface area contributed by atoms with E-state index in [1.807, 2.05) is 42.2 Å². The van der Waals surface area contributed by atoms with Crippen LogP contribution in [0.5, 0.6) is 5.75 Å². The van der Waals surface area contributed by atoms with Gasteiger partial charge in [0.1, 0.15) is 17.4 Å². The Balaban J connectivity index is 1.55. The molecule has 0 radical (unpaired) electrons. The van der Waals surface area contributed by atoms with Crippen molar-refractivity contribution in [3.8, 4) is 5.75 Å². The standard InChI is InChI=1S/C20H25BrN4O2/c1-14(2)20-22-15(3)11-18(23-20)24-7-9-25(10-8-24)19(26)13-27-17-6-4-5-16(21)12-17/h4-6,11-12,14H,7-10,13H2,1-3H3. The van der Waals surface area contributed by atoms with Gasteiger partial charge in [-0.3, -0.25) is 4.79 Å². The fourth-order valence-corrected chi connectivity index (χ4v) is 3.35. The molecule has 0 bridgehead atoms. The number of halogens is 1. The minimum Gasteiger partial charge on any atom is -0.484 e. The summed E-state index contributed by atoms with van der Waals surface area (Å²) in [5.74, 6) is 2.81. The van der Waals surface area contributed by atoms with Gasteiger partial charge in [-0.2, -0.15) is 0 Å². The van der Waals surface area contributed by atoms with Gasteiger partial charge in [0.15, 0.2) is 6.61 Å². The molecule has 1 aliphatic heterocycles. The number of rotatable bonds is 5. The highest BCUT2D eigenvalue weighted by Gasteiger charge is 2.23. The molecule has 27 heavy (non-hydrogen) atoms. The fourth-order valence-electron chi connectivity index (χ4n) is 2.97. The number of piperazine rings is 1. The molecular formula is C20H25BrN4O2. The zero-order valence-electron chi connectivity index (χ0n) is 16.0. The summed E-state index contributed by atoms with van der Waals surface area (Å²) in [5, 5.41) is 0. The Morgan fingerprint density at radius 1 is 1.19 bits per heavy atom. The van der Waals surface area contributed by atoms with Crippen molar-refractivity contribution < 1.29 is 9.53 Å². The number of carbonyl (C=O) groups excluding carboxylic acids is 1. The Labute approximate surface area is 168 Å². The third-order valence-electron chi connectivity index (χ3n) is 4.49. The number of aryl methyl sites for hydroxylation is 1. The van der Waals surface area contributed by atoms with Crippen LogP contribution in [0, 0.1) is 6.92 Å². The van der Waals surface area contributed by atoms with Gasteiger partial charge in [0.25, 0.3) is 5.91 Å². The highest BCUT2D eigenvalue weighted by atomic mass is 79.9. The molecule has 1 saturated heterocycles. The van der Waals surface area contributed by atoms with Crippen LogP contribution in [0.4, 0.5) is 5.82 Å². The first-order valence-corrected chi connectivity index (χ1v) is 9.98. The molecular weight excluding hydrogens is 408 g/mol. The maximum atomic E-state index is 12.4. The summed E-state index contributed by atoms with van der Waals surface area (Å²) in [7, 11) is 0. The van der Waals surface area contributed by atoms with Crippen molar-refractivity contribution in [1.82, 2.24) is 14.9 Å². The molecule has 0 atom stereocenters. The van der Waals surface area contributed by atoms with Crippen LogP contribution in [0.15, 0.2) is 34.8 Å². The van der Waals surface area contributed by atoms with Gasteiger partial charge in [0.2, 0.25) is 0 Å². The summed E-state index contributed by atoms with van der Waals surface area (Å²) in [4.78, 5) is 25.7. The van der Waals surface area contributed by atoms with Crippen LogP contribution in [0.1, 0.15) is 31.3 Å². The van der Waals surface area contributed by atoms with Crippen molar-refractivity contribution in [1.29, 1.82) is 0 Å². The third-order valence-corrected chi connectivity index (χ3v) is 4.98. The molecule has 2 aromatic rings. The number of anilines is 1. The van der Waals surface area contributed by atoms with Gasteiger partial charge >= 0.3 is 0 Å². The molecule has 1 aromatic carbocycles. The van der Waals surface area contributed by atoms with E-state index in [9.17, 15) is 4.79 Å². The summed E-state index contributed by atoms with van der Waals surface area (Å²) in [6.45, 7) is 9.10. The number of benzene rings is 1. The van der Waals surface area contributed by atoms with E-state index in [-0.39, 0.29) is 12.5 Å². The maximum Gasteiger partial charge on any atom is 0.260 e. The number of amides is 1. The largest absolute Gasteiger partial charge is 0.484 e. The van der Waals surface area contributed by atoms with Gasteiger partial charge in [-0.05, 0) is 25.1 Å². The first-order valence-electron chi connectivity index (χ1n) is 9.19. The predicted molar refractivity (Wildman–Crippen MR) is 109 cm³/mol. The van der Waals surface area contributed by atoms with Crippen LogP contribution in [0.25, 0.3) is 0 Å². The Hall–Kier alpha value is -2.15. The first-order chi connectivity index (χ1) is 12.9. The Kier molecular flexibility index (Phi) is 6.31. The zero-order valence-corrected chi connectivity index (χ0v) is 17.6. The van der Waals surface area contributed by atoms with Crippen LogP contribution < -0.4 is 9.64 Å². The number of hydrogen-bond donors (Lipinski definition) is 0. The second-order valence-corrected chi connectivity index (χ2v) is 7.91. The van der Waals surface area contributed by atoms with E-state index >= 15 is 0 Å². The van der Waals surface area contributed by atoms with E-state index in [0.29, 0.717) is 24.8 Å². The van der Waals surface area contributed by atoms with Gasteiger partial charge in [0.05, 0.1) is 0 Å². The van der Waals surface area contributed by atoms with E-state index < -0.39 is 0 Å². The zero-order chi connectivity index (χ0) is 19.4. The topological polar surface area (TPSA) is 58.6 Å². The molecule has 1 amide bonds. The molecule has 6 nitrogen and oxygen atoms in total. The number of hydrogen-bond acceptors (Lipinski definition) is 5. The van der Waals surface area contributed by atoms with Crippen molar-refractivity contribution in [3.05, 3.63) is 46.3 Å². The lowest BCUT2D eigenvalue weighted by Crippen LogP contribution is -2.50. The quantitative estimate of drug-likeness (QED) is 0.724. The Morgan fingerprint density at radius 3 is 2.59 bits per heavy atom. The maximum absolute atomic E-state index is 12.4. The van der Waals surface area contributed by atoms with E-state index in [2.05, 4.69) is 39.7 Å². The van der Waals surface area contributed by atoms with Crippen LogP contribution in [0.3, 0.4) is 0 Å². The van der Waals surface area contributed by atoms with Crippen molar-refractivity contribution >= 4 is 27.7 Å². The molecule has 0 aliphatic carbocycles. The second kappa shape index (κ2) is 8.69. The summed E-state index contributed by atoms with van der Waals surface area (Å²) >= 11 is 3.40. The Bertz CT molecular complexity index is 804. The lowest BCUT2D eigenvalue weighted by atomic mass is 10.2. The predicted octanol–water partition coefficient (Wildman–Crippen LogP) is 3.40. The molecule has 3 rings (SSSR count). The van der Waals surface area contributed by atoms with Crippen molar-refractivity contribution in [2.45, 2.75) is 26.7 Å². The minimum atomic E-state index is 0.0105. The average Bonchev–Trinajstić information content (AvgIpc) is 2.66. The second-order valence-electron chi connectivity index (χ2n) is 6.99. The summed E-state index contributed by atoms with van der Waals surface area (Å²) in [5.41, 5.74) is 0.977. The molecule has 7 heteroatoms. The third kappa shape index (κ3) is 5.19. The molecule has 144 valence electrons. The smallest absolute Gasteiger partial charge is 0.260 e. The molecule has 0 spiro atoms. The number of ether oxygens (including phenoxy) is 1. The van der Waals surface area contributed by atoms with E-state index in [1.165, 1.54) is 0 Å². The highest BCUT2D eigenvalue weighted by Crippen LogP contribution is 2.20. The van der Waals surface area contributed by atoms with Gasteiger partial charge < -0.3 is 14.5 Å².